The summed E-state index contributed by atoms with van der Waals surface area (Å²) in [5, 5.41) is 0. The van der Waals surface area contributed by atoms with E-state index in [1.54, 1.807) is 0 Å². The van der Waals surface area contributed by atoms with Gasteiger partial charge in [0.15, 0.2) is 5.76 Å². The van der Waals surface area contributed by atoms with Crippen molar-refractivity contribution in [3.63, 3.8) is 0 Å². The monoisotopic (exact) mass is 380 g/mol. The van der Waals surface area contributed by atoms with Gasteiger partial charge in [0, 0.05) is 10.5 Å². The summed E-state index contributed by atoms with van der Waals surface area (Å²) < 4.78 is 101. The van der Waals surface area contributed by atoms with Crippen molar-refractivity contribution in [2.24, 2.45) is 0 Å². The Morgan fingerprint density at radius 3 is 2.00 bits per heavy atom. The third-order valence-electron chi connectivity index (χ3n) is 2.33. The average molecular weight is 380 g/mol. The fourth-order valence-corrected chi connectivity index (χ4v) is 2.66. The smallest absolute Gasteiger partial charge is 0.375 e. The molecule has 0 atom stereocenters. The maximum Gasteiger partial charge on any atom is 0.534 e. The van der Waals surface area contributed by atoms with Crippen LogP contribution >= 0.6 is 11.8 Å². The summed E-state index contributed by atoms with van der Waals surface area (Å²) >= 11 is -0.721. The predicted molar refractivity (Wildman–Crippen MR) is 73.4 cm³/mol. The van der Waals surface area contributed by atoms with Crippen LogP contribution in [0.25, 0.3) is 5.76 Å². The Labute approximate surface area is 132 Å². The highest BCUT2D eigenvalue weighted by Crippen LogP contribution is 2.43. The number of halogens is 6. The minimum absolute atomic E-state index is 0.214. The van der Waals surface area contributed by atoms with E-state index in [4.69, 9.17) is 0 Å². The van der Waals surface area contributed by atoms with Crippen molar-refractivity contribution in [1.29, 1.82) is 0 Å². The van der Waals surface area contributed by atoms with Gasteiger partial charge in [-0.05, 0) is 18.2 Å². The average Bonchev–Trinajstić information content (AvgIpc) is 2.41. The topological polar surface area (TPSA) is 43.4 Å². The Balaban J connectivity index is 3.45. The highest BCUT2D eigenvalue weighted by atomic mass is 32.2. The Bertz CT molecular complexity index is 662. The molecule has 1 aromatic rings. The molecule has 0 aliphatic heterocycles. The molecule has 0 aromatic heterocycles. The van der Waals surface area contributed by atoms with Crippen molar-refractivity contribution in [3.05, 3.63) is 40.8 Å². The van der Waals surface area contributed by atoms with E-state index in [0.29, 0.717) is 0 Å². The van der Waals surface area contributed by atoms with Gasteiger partial charge in [0.1, 0.15) is 0 Å². The van der Waals surface area contributed by atoms with Crippen molar-refractivity contribution in [2.45, 2.75) is 24.4 Å². The number of hydrogen-bond acceptors (Lipinski definition) is 4. The van der Waals surface area contributed by atoms with Gasteiger partial charge >= 0.3 is 21.1 Å². The van der Waals surface area contributed by atoms with Crippen molar-refractivity contribution in [3.8, 4) is 0 Å². The fraction of sp³-hybridized carbons (Fsp3) is 0.333. The normalized spacial score (nSPS) is 14.4. The largest absolute Gasteiger partial charge is 0.534 e. The van der Waals surface area contributed by atoms with Gasteiger partial charge in [-0.2, -0.15) is 34.8 Å². The first-order valence-electron chi connectivity index (χ1n) is 5.92. The number of hydrogen-bond donors (Lipinski definition) is 0. The second-order valence-electron chi connectivity index (χ2n) is 4.00. The van der Waals surface area contributed by atoms with Crippen LogP contribution in [-0.4, -0.2) is 19.4 Å². The zero-order valence-electron chi connectivity index (χ0n) is 11.4. The third-order valence-corrected chi connectivity index (χ3v) is 4.23. The molecule has 0 heterocycles. The summed E-state index contributed by atoms with van der Waals surface area (Å²) in [4.78, 5) is -0.684. The molecule has 130 valence electrons. The van der Waals surface area contributed by atoms with Crippen LogP contribution in [0.3, 0.4) is 0 Å². The predicted octanol–water partition coefficient (Wildman–Crippen LogP) is 4.88. The Kier molecular flexibility index (Phi) is 6.02. The van der Waals surface area contributed by atoms with Crippen LogP contribution in [0.5, 0.6) is 0 Å². The molecule has 0 amide bonds. The van der Waals surface area contributed by atoms with E-state index in [2.05, 4.69) is 4.18 Å². The molecule has 0 aliphatic carbocycles. The van der Waals surface area contributed by atoms with E-state index in [-0.39, 0.29) is 12.0 Å². The standard InChI is InChI=1S/C12H10F6O3S2/c1-2-9(22-11(13,14)15)10(8-6-4-3-5-7-8)21-23(19,20)12(16,17)18/h3-7H,2H2,1H3/b10-9+. The summed E-state index contributed by atoms with van der Waals surface area (Å²) in [5.74, 6) is -0.993. The van der Waals surface area contributed by atoms with Gasteiger partial charge in [-0.15, -0.1) is 0 Å². The fourth-order valence-electron chi connectivity index (χ4n) is 1.42. The van der Waals surface area contributed by atoms with Crippen LogP contribution in [0.4, 0.5) is 26.3 Å². The van der Waals surface area contributed by atoms with Crippen LogP contribution < -0.4 is 0 Å². The van der Waals surface area contributed by atoms with E-state index >= 15 is 0 Å². The lowest BCUT2D eigenvalue weighted by Crippen LogP contribution is -2.25. The lowest BCUT2D eigenvalue weighted by Gasteiger charge is -2.17. The van der Waals surface area contributed by atoms with Gasteiger partial charge in [0.05, 0.1) is 0 Å². The van der Waals surface area contributed by atoms with Crippen molar-refractivity contribution in [1.82, 2.24) is 0 Å². The molecular formula is C12H10F6O3S2. The molecule has 11 heteroatoms. The molecule has 0 unspecified atom stereocenters. The van der Waals surface area contributed by atoms with Crippen LogP contribution in [-0.2, 0) is 14.3 Å². The van der Waals surface area contributed by atoms with Gasteiger partial charge in [0.25, 0.3) is 0 Å². The Morgan fingerprint density at radius 2 is 1.61 bits per heavy atom. The quantitative estimate of drug-likeness (QED) is 0.316. The maximum atomic E-state index is 12.5. The number of thioether (sulfide) groups is 1. The molecule has 0 saturated carbocycles. The van der Waals surface area contributed by atoms with E-state index < -0.39 is 43.6 Å². The summed E-state index contributed by atoms with van der Waals surface area (Å²) in [6, 6.07) is 6.40. The summed E-state index contributed by atoms with van der Waals surface area (Å²) in [7, 11) is -6.09. The Morgan fingerprint density at radius 1 is 1.09 bits per heavy atom. The van der Waals surface area contributed by atoms with Crippen molar-refractivity contribution < 1.29 is 38.9 Å². The van der Waals surface area contributed by atoms with E-state index in [9.17, 15) is 34.8 Å². The molecular weight excluding hydrogens is 370 g/mol. The molecule has 0 N–H and O–H groups in total. The number of rotatable bonds is 5. The molecule has 0 fully saturated rings. The second kappa shape index (κ2) is 7.04. The van der Waals surface area contributed by atoms with Gasteiger partial charge in [0.2, 0.25) is 0 Å². The van der Waals surface area contributed by atoms with Gasteiger partial charge < -0.3 is 4.18 Å². The molecule has 0 bridgehead atoms. The maximum absolute atomic E-state index is 12.5. The molecule has 0 radical (unpaired) electrons. The minimum Gasteiger partial charge on any atom is -0.375 e. The minimum atomic E-state index is -6.09. The first-order chi connectivity index (χ1) is 10.4. The van der Waals surface area contributed by atoms with Gasteiger partial charge in [-0.1, -0.05) is 37.3 Å². The molecule has 0 saturated heterocycles. The first kappa shape index (κ1) is 19.7. The highest BCUT2D eigenvalue weighted by Gasteiger charge is 2.49. The zero-order chi connectivity index (χ0) is 17.9. The lowest BCUT2D eigenvalue weighted by molar-refractivity contribution is -0.0509. The SMILES string of the molecule is CC/C(SC(F)(F)F)=C(\OS(=O)(=O)C(F)(F)F)c1ccccc1. The molecule has 1 aromatic carbocycles. The molecule has 1 rings (SSSR count). The molecule has 0 aliphatic rings. The van der Waals surface area contributed by atoms with Crippen LogP contribution in [0, 0.1) is 0 Å². The van der Waals surface area contributed by atoms with Crippen LogP contribution in [0.1, 0.15) is 18.9 Å². The van der Waals surface area contributed by atoms with Gasteiger partial charge in [-0.3, -0.25) is 0 Å². The van der Waals surface area contributed by atoms with Gasteiger partial charge in [-0.25, -0.2) is 0 Å². The van der Waals surface area contributed by atoms with Crippen molar-refractivity contribution in [2.75, 3.05) is 0 Å². The highest BCUT2D eigenvalue weighted by molar-refractivity contribution is 8.04. The first-order valence-corrected chi connectivity index (χ1v) is 8.15. The summed E-state index contributed by atoms with van der Waals surface area (Å²) in [6.07, 6.45) is -0.373. The second-order valence-corrected chi connectivity index (χ2v) is 6.70. The number of benzene rings is 1. The lowest BCUT2D eigenvalue weighted by atomic mass is 10.2. The molecule has 3 nitrogen and oxygen atoms in total. The number of allylic oxidation sites excluding steroid dienone is 1. The third kappa shape index (κ3) is 5.65. The van der Waals surface area contributed by atoms with Crippen LogP contribution in [0.2, 0.25) is 0 Å². The van der Waals surface area contributed by atoms with Crippen LogP contribution in [0.15, 0.2) is 35.2 Å². The number of alkyl halides is 6. The molecule has 0 spiro atoms. The van der Waals surface area contributed by atoms with E-state index in [1.807, 2.05) is 0 Å². The zero-order valence-corrected chi connectivity index (χ0v) is 13.0. The summed E-state index contributed by atoms with van der Waals surface area (Å²) in [5.41, 5.74) is -10.8. The van der Waals surface area contributed by atoms with Crippen molar-refractivity contribution >= 4 is 27.6 Å². The molecule has 23 heavy (non-hydrogen) atoms. The summed E-state index contributed by atoms with van der Waals surface area (Å²) in [6.45, 7) is 1.24. The Hall–Kier alpha value is -1.36. The van der Waals surface area contributed by atoms with E-state index in [1.165, 1.54) is 25.1 Å². The van der Waals surface area contributed by atoms with E-state index in [0.717, 1.165) is 12.1 Å².